The third kappa shape index (κ3) is 5.18. The summed E-state index contributed by atoms with van der Waals surface area (Å²) in [5.74, 6) is -2.82. The fourth-order valence-corrected chi connectivity index (χ4v) is 4.54. The fraction of sp³-hybridized carbons (Fsp3) is 0.400. The van der Waals surface area contributed by atoms with Crippen molar-refractivity contribution in [1.29, 1.82) is 0 Å². The summed E-state index contributed by atoms with van der Waals surface area (Å²) in [6, 6.07) is 4.28. The van der Waals surface area contributed by atoms with E-state index in [0.717, 1.165) is 23.1 Å². The maximum Gasteiger partial charge on any atom is 0.416 e. The topological polar surface area (TPSA) is 60.9 Å². The molecule has 3 amide bonds. The van der Waals surface area contributed by atoms with Crippen molar-refractivity contribution < 1.29 is 31.9 Å². The molecule has 1 saturated carbocycles. The van der Waals surface area contributed by atoms with Crippen LogP contribution < -0.4 is 0 Å². The summed E-state index contributed by atoms with van der Waals surface area (Å²) in [6.45, 7) is 4.56. The zero-order valence-electron chi connectivity index (χ0n) is 20.0. The largest absolute Gasteiger partial charge is 0.416 e. The lowest BCUT2D eigenvalue weighted by Crippen LogP contribution is -2.73. The SMILES string of the molecule is C=C(/C(F)=C\C(Cl)=C/C)N1CC(=O)N(Cc2ccc(C(F)(F)F)cc2)C2(CC(C(=O)N(C)C)C2)C1=O. The number of allylic oxidation sites excluding steroid dienone is 4. The standard InChI is InChI=1S/C25H26ClF4N3O3/c1-5-19(26)10-20(27)15(2)32-14-21(34)33(13-16-6-8-18(9-7-16)25(28,29)30)24(23(32)36)11-17(12-24)22(35)31(3)4/h5-10,17H,2,11-14H2,1,3-4H3/b19-5+,20-10+. The van der Waals surface area contributed by atoms with Crippen LogP contribution in [0.1, 0.15) is 30.9 Å². The summed E-state index contributed by atoms with van der Waals surface area (Å²) in [6.07, 6.45) is -2.10. The molecule has 2 aliphatic rings. The van der Waals surface area contributed by atoms with Gasteiger partial charge in [-0.2, -0.15) is 13.2 Å². The molecule has 2 fully saturated rings. The minimum atomic E-state index is -4.52. The molecule has 0 radical (unpaired) electrons. The van der Waals surface area contributed by atoms with E-state index in [-0.39, 0.29) is 36.0 Å². The van der Waals surface area contributed by atoms with Gasteiger partial charge < -0.3 is 9.80 Å². The minimum absolute atomic E-state index is 0.0000460. The van der Waals surface area contributed by atoms with Crippen LogP contribution >= 0.6 is 11.6 Å². The summed E-state index contributed by atoms with van der Waals surface area (Å²) >= 11 is 5.85. The predicted molar refractivity (Wildman–Crippen MR) is 126 cm³/mol. The van der Waals surface area contributed by atoms with Crippen LogP contribution in [0.3, 0.4) is 0 Å². The molecule has 1 aliphatic heterocycles. The Hall–Kier alpha value is -3.14. The molecule has 11 heteroatoms. The molecule has 1 aromatic carbocycles. The lowest BCUT2D eigenvalue weighted by Gasteiger charge is -2.56. The Bertz CT molecular complexity index is 1140. The highest BCUT2D eigenvalue weighted by Crippen LogP contribution is 2.48. The molecule has 0 unspecified atom stereocenters. The number of carbonyl (C=O) groups excluding carboxylic acids is 3. The van der Waals surface area contributed by atoms with Crippen molar-refractivity contribution in [1.82, 2.24) is 14.7 Å². The van der Waals surface area contributed by atoms with Crippen LogP contribution in [0.15, 0.2) is 59.6 Å². The van der Waals surface area contributed by atoms with Crippen molar-refractivity contribution in [3.05, 3.63) is 70.7 Å². The molecule has 6 nitrogen and oxygen atoms in total. The average molecular weight is 528 g/mol. The lowest BCUT2D eigenvalue weighted by atomic mass is 9.64. The molecule has 1 aromatic rings. The molecule has 1 saturated heterocycles. The van der Waals surface area contributed by atoms with Crippen LogP contribution in [-0.4, -0.2) is 58.6 Å². The van der Waals surface area contributed by atoms with E-state index < -0.39 is 47.4 Å². The van der Waals surface area contributed by atoms with E-state index in [9.17, 15) is 31.9 Å². The number of hydrogen-bond acceptors (Lipinski definition) is 3. The fourth-order valence-electron chi connectivity index (χ4n) is 4.44. The van der Waals surface area contributed by atoms with Gasteiger partial charge in [0.2, 0.25) is 11.8 Å². The molecule has 1 spiro atoms. The lowest BCUT2D eigenvalue weighted by molar-refractivity contribution is -0.178. The van der Waals surface area contributed by atoms with Crippen LogP contribution in [0.4, 0.5) is 17.6 Å². The Morgan fingerprint density at radius 2 is 1.81 bits per heavy atom. The van der Waals surface area contributed by atoms with Gasteiger partial charge in [-0.25, -0.2) is 4.39 Å². The first-order valence-corrected chi connectivity index (χ1v) is 11.5. The van der Waals surface area contributed by atoms with E-state index in [2.05, 4.69) is 6.58 Å². The Morgan fingerprint density at radius 3 is 2.31 bits per heavy atom. The maximum atomic E-state index is 14.7. The number of amides is 3. The zero-order chi connectivity index (χ0) is 27.0. The van der Waals surface area contributed by atoms with Gasteiger partial charge in [0.25, 0.3) is 5.91 Å². The van der Waals surface area contributed by atoms with Crippen molar-refractivity contribution in [2.45, 2.75) is 38.0 Å². The highest BCUT2D eigenvalue weighted by Gasteiger charge is 2.62. The third-order valence-electron chi connectivity index (χ3n) is 6.48. The predicted octanol–water partition coefficient (Wildman–Crippen LogP) is 4.62. The average Bonchev–Trinajstić information content (AvgIpc) is 2.78. The molecule has 0 aromatic heterocycles. The number of halogens is 5. The molecular weight excluding hydrogens is 502 g/mol. The summed E-state index contributed by atoms with van der Waals surface area (Å²) in [7, 11) is 3.14. The maximum absolute atomic E-state index is 14.7. The summed E-state index contributed by atoms with van der Waals surface area (Å²) in [5, 5.41) is 0.0726. The summed E-state index contributed by atoms with van der Waals surface area (Å²) in [5.41, 5.74) is -2.26. The highest BCUT2D eigenvalue weighted by molar-refractivity contribution is 6.31. The molecule has 1 heterocycles. The molecule has 0 N–H and O–H groups in total. The summed E-state index contributed by atoms with van der Waals surface area (Å²) in [4.78, 5) is 43.0. The van der Waals surface area contributed by atoms with Gasteiger partial charge >= 0.3 is 6.18 Å². The van der Waals surface area contributed by atoms with Gasteiger partial charge in [0.15, 0.2) is 0 Å². The molecule has 3 rings (SSSR count). The number of rotatable bonds is 6. The Kier molecular flexibility index (Phi) is 7.69. The molecule has 36 heavy (non-hydrogen) atoms. The first-order valence-electron chi connectivity index (χ1n) is 11.1. The molecule has 0 atom stereocenters. The number of carbonyl (C=O) groups is 3. The van der Waals surface area contributed by atoms with Gasteiger partial charge in [0, 0.05) is 31.6 Å². The van der Waals surface area contributed by atoms with Gasteiger partial charge in [0.05, 0.1) is 11.3 Å². The second kappa shape index (κ2) is 10.1. The minimum Gasteiger partial charge on any atom is -0.349 e. The van der Waals surface area contributed by atoms with Gasteiger partial charge in [-0.3, -0.25) is 19.3 Å². The van der Waals surface area contributed by atoms with Gasteiger partial charge in [-0.1, -0.05) is 36.4 Å². The first-order chi connectivity index (χ1) is 16.7. The van der Waals surface area contributed by atoms with Gasteiger partial charge in [0.1, 0.15) is 17.9 Å². The zero-order valence-corrected chi connectivity index (χ0v) is 20.8. The number of nitrogens with zero attached hydrogens (tertiary/aromatic N) is 3. The second-order valence-electron chi connectivity index (χ2n) is 9.05. The van der Waals surface area contributed by atoms with E-state index in [0.29, 0.717) is 5.56 Å². The normalized spacial score (nSPS) is 23.2. The third-order valence-corrected chi connectivity index (χ3v) is 6.80. The second-order valence-corrected chi connectivity index (χ2v) is 9.48. The number of benzene rings is 1. The Labute approximate surface area is 211 Å². The molecule has 0 bridgehead atoms. The van der Waals surface area contributed by atoms with Crippen LogP contribution in [0.25, 0.3) is 0 Å². The van der Waals surface area contributed by atoms with Crippen LogP contribution in [-0.2, 0) is 27.1 Å². The van der Waals surface area contributed by atoms with E-state index in [1.165, 1.54) is 28.0 Å². The van der Waals surface area contributed by atoms with Crippen LogP contribution in [0.5, 0.6) is 0 Å². The van der Waals surface area contributed by atoms with Crippen molar-refractivity contribution >= 4 is 29.3 Å². The van der Waals surface area contributed by atoms with E-state index in [1.54, 1.807) is 21.0 Å². The van der Waals surface area contributed by atoms with Crippen molar-refractivity contribution in [2.24, 2.45) is 5.92 Å². The monoisotopic (exact) mass is 527 g/mol. The smallest absolute Gasteiger partial charge is 0.349 e. The molecule has 1 aliphatic carbocycles. The number of alkyl halides is 3. The number of piperazine rings is 1. The van der Waals surface area contributed by atoms with Gasteiger partial charge in [-0.05, 0) is 43.5 Å². The first kappa shape index (κ1) is 27.4. The van der Waals surface area contributed by atoms with Gasteiger partial charge in [-0.15, -0.1) is 0 Å². The Morgan fingerprint density at radius 1 is 1.22 bits per heavy atom. The Balaban J connectivity index is 1.94. The van der Waals surface area contributed by atoms with Crippen LogP contribution in [0, 0.1) is 5.92 Å². The van der Waals surface area contributed by atoms with E-state index >= 15 is 0 Å². The molecule has 194 valence electrons. The van der Waals surface area contributed by atoms with Crippen LogP contribution in [0.2, 0.25) is 0 Å². The number of hydrogen-bond donors (Lipinski definition) is 0. The van der Waals surface area contributed by atoms with Crippen molar-refractivity contribution in [3.63, 3.8) is 0 Å². The van der Waals surface area contributed by atoms with E-state index in [1.807, 2.05) is 0 Å². The van der Waals surface area contributed by atoms with Crippen molar-refractivity contribution in [3.8, 4) is 0 Å². The molecular formula is C25H26ClF4N3O3. The van der Waals surface area contributed by atoms with E-state index in [4.69, 9.17) is 11.6 Å². The summed E-state index contributed by atoms with van der Waals surface area (Å²) < 4.78 is 53.6. The van der Waals surface area contributed by atoms with Crippen molar-refractivity contribution in [2.75, 3.05) is 20.6 Å². The highest BCUT2D eigenvalue weighted by atomic mass is 35.5. The quantitative estimate of drug-likeness (QED) is 0.400.